The van der Waals surface area contributed by atoms with Crippen LogP contribution >= 0.6 is 0 Å². The predicted molar refractivity (Wildman–Crippen MR) is 168 cm³/mol. The van der Waals surface area contributed by atoms with Gasteiger partial charge in [0.25, 0.3) is 0 Å². The Bertz CT molecular complexity index is 1190. The first-order chi connectivity index (χ1) is 20.7. The molecule has 5 heteroatoms. The molecular weight excluding hydrogens is 530 g/mol. The van der Waals surface area contributed by atoms with Crippen molar-refractivity contribution >= 4 is 0 Å². The summed E-state index contributed by atoms with van der Waals surface area (Å²) in [5.41, 5.74) is 2.62. The summed E-state index contributed by atoms with van der Waals surface area (Å²) >= 11 is 0. The van der Waals surface area contributed by atoms with E-state index in [1.807, 2.05) is 48.5 Å². The lowest BCUT2D eigenvalue weighted by Crippen LogP contribution is -2.17. The van der Waals surface area contributed by atoms with E-state index in [0.29, 0.717) is 18.8 Å². The SMILES string of the molecule is CCCCCCCCOc1ccc(-c2ccccc2-c2ccc(OCCCCCCOCC3CCC3)cc2)c(F)c1F. The van der Waals surface area contributed by atoms with Crippen molar-refractivity contribution in [1.29, 1.82) is 0 Å². The minimum Gasteiger partial charge on any atom is -0.494 e. The second kappa shape index (κ2) is 17.9. The van der Waals surface area contributed by atoms with Gasteiger partial charge < -0.3 is 14.2 Å². The summed E-state index contributed by atoms with van der Waals surface area (Å²) in [5, 5.41) is 0. The smallest absolute Gasteiger partial charge is 0.201 e. The Balaban J connectivity index is 1.25. The van der Waals surface area contributed by atoms with E-state index in [4.69, 9.17) is 14.2 Å². The number of hydrogen-bond donors (Lipinski definition) is 0. The number of rotatable bonds is 20. The Morgan fingerprint density at radius 1 is 0.619 bits per heavy atom. The van der Waals surface area contributed by atoms with Crippen LogP contribution in [0.3, 0.4) is 0 Å². The number of ether oxygens (including phenoxy) is 3. The van der Waals surface area contributed by atoms with Crippen molar-refractivity contribution in [1.82, 2.24) is 0 Å². The molecule has 42 heavy (non-hydrogen) atoms. The third kappa shape index (κ3) is 9.83. The highest BCUT2D eigenvalue weighted by atomic mass is 19.2. The molecule has 4 rings (SSSR count). The lowest BCUT2D eigenvalue weighted by molar-refractivity contribution is 0.0677. The molecule has 1 saturated carbocycles. The molecule has 228 valence electrons. The molecule has 0 aromatic heterocycles. The van der Waals surface area contributed by atoms with E-state index < -0.39 is 11.6 Å². The maximum atomic E-state index is 15.3. The summed E-state index contributed by atoms with van der Waals surface area (Å²) in [5.74, 6) is -0.218. The maximum absolute atomic E-state index is 15.3. The molecule has 0 aliphatic heterocycles. The van der Waals surface area contributed by atoms with Crippen LogP contribution in [-0.4, -0.2) is 26.4 Å². The molecule has 0 saturated heterocycles. The Morgan fingerprint density at radius 2 is 1.26 bits per heavy atom. The zero-order valence-electron chi connectivity index (χ0n) is 25.4. The third-order valence-corrected chi connectivity index (χ3v) is 8.21. The van der Waals surface area contributed by atoms with Gasteiger partial charge in [-0.05, 0) is 85.4 Å². The fourth-order valence-electron chi connectivity index (χ4n) is 5.38. The normalized spacial score (nSPS) is 13.2. The summed E-state index contributed by atoms with van der Waals surface area (Å²) in [4.78, 5) is 0. The van der Waals surface area contributed by atoms with Crippen LogP contribution in [0.15, 0.2) is 60.7 Å². The van der Waals surface area contributed by atoms with Gasteiger partial charge in [0.05, 0.1) is 13.2 Å². The van der Waals surface area contributed by atoms with Gasteiger partial charge in [0.2, 0.25) is 5.82 Å². The number of unbranched alkanes of at least 4 members (excludes halogenated alkanes) is 8. The van der Waals surface area contributed by atoms with Crippen LogP contribution in [0.1, 0.15) is 90.4 Å². The Kier molecular flexibility index (Phi) is 13.6. The van der Waals surface area contributed by atoms with Crippen LogP contribution in [0.2, 0.25) is 0 Å². The average Bonchev–Trinajstić information content (AvgIpc) is 2.99. The van der Waals surface area contributed by atoms with Gasteiger partial charge in [0.15, 0.2) is 11.6 Å². The molecule has 1 aliphatic carbocycles. The number of benzene rings is 3. The molecule has 0 bridgehead atoms. The van der Waals surface area contributed by atoms with Crippen molar-refractivity contribution in [3.8, 4) is 33.8 Å². The molecule has 3 aromatic carbocycles. The van der Waals surface area contributed by atoms with Crippen LogP contribution < -0.4 is 9.47 Å². The molecule has 3 nitrogen and oxygen atoms in total. The van der Waals surface area contributed by atoms with Gasteiger partial charge in [-0.2, -0.15) is 4.39 Å². The fraction of sp³-hybridized carbons (Fsp3) is 0.514. The molecule has 0 atom stereocenters. The molecular formula is C37H48F2O3. The van der Waals surface area contributed by atoms with Gasteiger partial charge >= 0.3 is 0 Å². The predicted octanol–water partition coefficient (Wildman–Crippen LogP) is 10.8. The van der Waals surface area contributed by atoms with Crippen LogP contribution in [0, 0.1) is 17.6 Å². The molecule has 0 amide bonds. The van der Waals surface area contributed by atoms with E-state index in [1.165, 1.54) is 38.5 Å². The summed E-state index contributed by atoms with van der Waals surface area (Å²) in [7, 11) is 0. The van der Waals surface area contributed by atoms with Gasteiger partial charge in [-0.15, -0.1) is 0 Å². The first-order valence-corrected chi connectivity index (χ1v) is 16.2. The molecule has 0 unspecified atom stereocenters. The molecule has 0 spiro atoms. The van der Waals surface area contributed by atoms with Crippen molar-refractivity contribution in [3.63, 3.8) is 0 Å². The fourth-order valence-corrected chi connectivity index (χ4v) is 5.38. The number of hydrogen-bond acceptors (Lipinski definition) is 3. The molecule has 1 aliphatic rings. The highest BCUT2D eigenvalue weighted by Crippen LogP contribution is 2.37. The van der Waals surface area contributed by atoms with Gasteiger partial charge in [-0.25, -0.2) is 4.39 Å². The monoisotopic (exact) mass is 578 g/mol. The van der Waals surface area contributed by atoms with Crippen molar-refractivity contribution in [2.45, 2.75) is 90.4 Å². The topological polar surface area (TPSA) is 27.7 Å². The zero-order valence-corrected chi connectivity index (χ0v) is 25.4. The molecule has 0 heterocycles. The van der Waals surface area contributed by atoms with E-state index in [1.54, 1.807) is 12.1 Å². The molecule has 0 N–H and O–H groups in total. The van der Waals surface area contributed by atoms with Crippen LogP contribution in [-0.2, 0) is 4.74 Å². The van der Waals surface area contributed by atoms with Gasteiger partial charge in [0, 0.05) is 18.8 Å². The maximum Gasteiger partial charge on any atom is 0.201 e. The number of halogens is 2. The van der Waals surface area contributed by atoms with E-state index in [2.05, 4.69) is 6.92 Å². The first-order valence-electron chi connectivity index (χ1n) is 16.2. The van der Waals surface area contributed by atoms with Crippen molar-refractivity contribution in [3.05, 3.63) is 72.3 Å². The Hall–Kier alpha value is -2.92. The summed E-state index contributed by atoms with van der Waals surface area (Å²) in [6.45, 7) is 5.06. The van der Waals surface area contributed by atoms with Gasteiger partial charge in [-0.1, -0.05) is 88.3 Å². The lowest BCUT2D eigenvalue weighted by atomic mass is 9.86. The van der Waals surface area contributed by atoms with E-state index >= 15 is 4.39 Å². The highest BCUT2D eigenvalue weighted by Gasteiger charge is 2.19. The standard InChI is InChI=1S/C37H48F2O3/c1-2-3-4-5-6-13-27-42-35-24-23-34(36(38)37(35)39)33-18-10-9-17-32(33)30-19-21-31(22-20-30)41-26-12-8-7-11-25-40-28-29-15-14-16-29/h9-10,17-24,29H,2-8,11-16,25-28H2,1H3. The minimum absolute atomic E-state index is 0.0268. The van der Waals surface area contributed by atoms with Crippen LogP contribution in [0.4, 0.5) is 8.78 Å². The minimum atomic E-state index is -0.932. The van der Waals surface area contributed by atoms with Gasteiger partial charge in [-0.3, -0.25) is 0 Å². The lowest BCUT2D eigenvalue weighted by Gasteiger charge is -2.24. The van der Waals surface area contributed by atoms with Crippen molar-refractivity contribution < 1.29 is 23.0 Å². The summed E-state index contributed by atoms with van der Waals surface area (Å²) < 4.78 is 47.6. The van der Waals surface area contributed by atoms with E-state index in [-0.39, 0.29) is 11.3 Å². The van der Waals surface area contributed by atoms with Crippen LogP contribution in [0.5, 0.6) is 11.5 Å². The summed E-state index contributed by atoms with van der Waals surface area (Å²) in [6.07, 6.45) is 15.1. The molecule has 0 radical (unpaired) electrons. The Labute approximate surface area is 251 Å². The van der Waals surface area contributed by atoms with Crippen molar-refractivity contribution in [2.24, 2.45) is 5.92 Å². The highest BCUT2D eigenvalue weighted by molar-refractivity contribution is 5.84. The molecule has 3 aromatic rings. The first kappa shape index (κ1) is 32.0. The molecule has 1 fully saturated rings. The van der Waals surface area contributed by atoms with E-state index in [9.17, 15) is 4.39 Å². The second-order valence-corrected chi connectivity index (χ2v) is 11.6. The zero-order chi connectivity index (χ0) is 29.4. The Morgan fingerprint density at radius 3 is 1.95 bits per heavy atom. The van der Waals surface area contributed by atoms with Crippen molar-refractivity contribution in [2.75, 3.05) is 26.4 Å². The average molecular weight is 579 g/mol. The second-order valence-electron chi connectivity index (χ2n) is 11.6. The van der Waals surface area contributed by atoms with E-state index in [0.717, 1.165) is 81.0 Å². The summed E-state index contributed by atoms with van der Waals surface area (Å²) in [6, 6.07) is 18.5. The van der Waals surface area contributed by atoms with Gasteiger partial charge in [0.1, 0.15) is 5.75 Å². The largest absolute Gasteiger partial charge is 0.494 e. The quantitative estimate of drug-likeness (QED) is 0.125. The van der Waals surface area contributed by atoms with Crippen LogP contribution in [0.25, 0.3) is 22.3 Å². The third-order valence-electron chi connectivity index (χ3n) is 8.21.